The Hall–Kier alpha value is -1.79. The fourth-order valence-corrected chi connectivity index (χ4v) is 6.47. The molecule has 2 bridgehead atoms. The third-order valence-corrected chi connectivity index (χ3v) is 7.85. The number of fused-ring (bicyclic) bond motifs is 4. The summed E-state index contributed by atoms with van der Waals surface area (Å²) >= 11 is 1.54. The molecule has 0 saturated carbocycles. The zero-order chi connectivity index (χ0) is 20.0. The van der Waals surface area contributed by atoms with E-state index in [9.17, 15) is 9.18 Å². The second-order valence-corrected chi connectivity index (χ2v) is 9.98. The average molecular weight is 414 g/mol. The second kappa shape index (κ2) is 7.80. The van der Waals surface area contributed by atoms with Crippen LogP contribution in [0.15, 0.2) is 29.6 Å². The van der Waals surface area contributed by atoms with Gasteiger partial charge in [-0.2, -0.15) is 0 Å². The topological polar surface area (TPSA) is 36.4 Å². The van der Waals surface area contributed by atoms with Gasteiger partial charge in [-0.15, -0.1) is 11.3 Å². The van der Waals surface area contributed by atoms with Crippen molar-refractivity contribution in [3.05, 3.63) is 51.7 Å². The van der Waals surface area contributed by atoms with Gasteiger partial charge in [0, 0.05) is 30.6 Å². The minimum Gasteiger partial charge on any atom is -0.337 e. The van der Waals surface area contributed by atoms with Crippen molar-refractivity contribution in [1.29, 1.82) is 0 Å². The van der Waals surface area contributed by atoms with Gasteiger partial charge in [0.2, 0.25) is 0 Å². The quantitative estimate of drug-likeness (QED) is 0.759. The molecular weight excluding hydrogens is 385 g/mol. The van der Waals surface area contributed by atoms with Crippen LogP contribution in [0.4, 0.5) is 4.39 Å². The number of amides is 1. The SMILES string of the molecule is Cc1nc(C(=O)N2C[C@H]3C[C@@H](C2)[C@H](Cc2cccc(F)c2)N2CCCC[C@@H]32)cs1. The number of hydrogen-bond acceptors (Lipinski definition) is 4. The summed E-state index contributed by atoms with van der Waals surface area (Å²) in [5.74, 6) is 0.903. The fraction of sp³-hybridized carbons (Fsp3) is 0.565. The molecule has 3 aliphatic rings. The molecule has 3 saturated heterocycles. The van der Waals surface area contributed by atoms with Crippen molar-refractivity contribution in [3.63, 3.8) is 0 Å². The minimum absolute atomic E-state index is 0.0813. The van der Waals surface area contributed by atoms with Crippen LogP contribution in [-0.4, -0.2) is 52.4 Å². The molecule has 4 atom stereocenters. The molecule has 3 fully saturated rings. The summed E-state index contributed by atoms with van der Waals surface area (Å²) in [4.78, 5) is 22.3. The van der Waals surface area contributed by atoms with E-state index in [4.69, 9.17) is 0 Å². The maximum Gasteiger partial charge on any atom is 0.273 e. The first-order valence-corrected chi connectivity index (χ1v) is 11.7. The maximum absolute atomic E-state index is 13.8. The summed E-state index contributed by atoms with van der Waals surface area (Å²) < 4.78 is 13.8. The van der Waals surface area contributed by atoms with Crippen LogP contribution in [0.3, 0.4) is 0 Å². The Morgan fingerprint density at radius 3 is 2.93 bits per heavy atom. The minimum atomic E-state index is -0.161. The largest absolute Gasteiger partial charge is 0.337 e. The Balaban J connectivity index is 1.41. The molecule has 1 aromatic carbocycles. The van der Waals surface area contributed by atoms with Crippen LogP contribution in [0.5, 0.6) is 0 Å². The van der Waals surface area contributed by atoms with Gasteiger partial charge in [-0.1, -0.05) is 18.6 Å². The van der Waals surface area contributed by atoms with E-state index in [1.54, 1.807) is 6.07 Å². The number of nitrogens with zero attached hydrogens (tertiary/aromatic N) is 3. The number of carbonyl (C=O) groups is 1. The molecule has 4 heterocycles. The molecule has 0 unspecified atom stereocenters. The van der Waals surface area contributed by atoms with Gasteiger partial charge in [0.25, 0.3) is 5.91 Å². The summed E-state index contributed by atoms with van der Waals surface area (Å²) in [7, 11) is 0. The summed E-state index contributed by atoms with van der Waals surface area (Å²) in [6.45, 7) is 4.72. The van der Waals surface area contributed by atoms with Crippen molar-refractivity contribution in [2.24, 2.45) is 11.8 Å². The number of halogens is 1. The van der Waals surface area contributed by atoms with Crippen LogP contribution in [0.25, 0.3) is 0 Å². The second-order valence-electron chi connectivity index (χ2n) is 8.92. The van der Waals surface area contributed by atoms with Crippen molar-refractivity contribution in [1.82, 2.24) is 14.8 Å². The number of benzene rings is 1. The van der Waals surface area contributed by atoms with E-state index in [2.05, 4.69) is 14.8 Å². The molecule has 4 nitrogen and oxygen atoms in total. The van der Waals surface area contributed by atoms with E-state index in [1.807, 2.05) is 24.4 Å². The average Bonchev–Trinajstić information content (AvgIpc) is 3.17. The number of aryl methyl sites for hydroxylation is 1. The van der Waals surface area contributed by atoms with Crippen LogP contribution in [0.1, 0.15) is 46.7 Å². The van der Waals surface area contributed by atoms with Gasteiger partial charge in [0.15, 0.2) is 0 Å². The Labute approximate surface area is 175 Å². The normalized spacial score (nSPS) is 29.5. The molecule has 6 heteroatoms. The lowest BCUT2D eigenvalue weighted by Crippen LogP contribution is -2.64. The first kappa shape index (κ1) is 19.2. The summed E-state index contributed by atoms with van der Waals surface area (Å²) in [6, 6.07) is 7.97. The molecule has 2 aromatic rings. The third kappa shape index (κ3) is 3.73. The van der Waals surface area contributed by atoms with Crippen molar-refractivity contribution in [3.8, 4) is 0 Å². The van der Waals surface area contributed by atoms with Crippen molar-refractivity contribution in [2.45, 2.75) is 51.1 Å². The number of hydrogen-bond donors (Lipinski definition) is 0. The highest BCUT2D eigenvalue weighted by Gasteiger charge is 2.48. The molecule has 29 heavy (non-hydrogen) atoms. The molecule has 0 aliphatic carbocycles. The summed E-state index contributed by atoms with van der Waals surface area (Å²) in [6.07, 6.45) is 5.78. The highest BCUT2D eigenvalue weighted by molar-refractivity contribution is 7.09. The van der Waals surface area contributed by atoms with Gasteiger partial charge >= 0.3 is 0 Å². The van der Waals surface area contributed by atoms with Gasteiger partial charge in [-0.05, 0) is 68.7 Å². The summed E-state index contributed by atoms with van der Waals surface area (Å²) in [5, 5.41) is 2.83. The highest BCUT2D eigenvalue weighted by atomic mass is 32.1. The third-order valence-electron chi connectivity index (χ3n) is 7.08. The Bertz CT molecular complexity index is 900. The molecule has 3 aliphatic heterocycles. The van der Waals surface area contributed by atoms with Crippen LogP contribution in [0, 0.1) is 24.6 Å². The smallest absolute Gasteiger partial charge is 0.273 e. The number of piperidine rings is 3. The fourth-order valence-electron chi connectivity index (χ4n) is 5.88. The van der Waals surface area contributed by atoms with Crippen LogP contribution in [0.2, 0.25) is 0 Å². The molecule has 1 amide bonds. The van der Waals surface area contributed by atoms with E-state index in [0.29, 0.717) is 29.6 Å². The van der Waals surface area contributed by atoms with Gasteiger partial charge in [-0.25, -0.2) is 9.37 Å². The number of aromatic nitrogens is 1. The van der Waals surface area contributed by atoms with E-state index in [-0.39, 0.29) is 11.7 Å². The van der Waals surface area contributed by atoms with Gasteiger partial charge in [0.1, 0.15) is 11.5 Å². The van der Waals surface area contributed by atoms with Crippen molar-refractivity contribution >= 4 is 17.2 Å². The molecule has 1 aromatic heterocycles. The molecule has 0 spiro atoms. The van der Waals surface area contributed by atoms with Gasteiger partial charge in [-0.3, -0.25) is 9.69 Å². The van der Waals surface area contributed by atoms with E-state index in [0.717, 1.165) is 36.6 Å². The lowest BCUT2D eigenvalue weighted by atomic mass is 9.71. The van der Waals surface area contributed by atoms with Gasteiger partial charge < -0.3 is 4.90 Å². The van der Waals surface area contributed by atoms with E-state index in [1.165, 1.54) is 43.1 Å². The molecular formula is C23H28FN3OS. The first-order valence-electron chi connectivity index (χ1n) is 10.8. The Kier molecular flexibility index (Phi) is 5.16. The molecule has 5 rings (SSSR count). The number of rotatable bonds is 3. The first-order chi connectivity index (χ1) is 14.1. The lowest BCUT2D eigenvalue weighted by Gasteiger charge is -2.57. The van der Waals surface area contributed by atoms with Crippen LogP contribution < -0.4 is 0 Å². The van der Waals surface area contributed by atoms with Crippen LogP contribution >= 0.6 is 11.3 Å². The van der Waals surface area contributed by atoms with E-state index < -0.39 is 0 Å². The molecule has 0 radical (unpaired) electrons. The van der Waals surface area contributed by atoms with Crippen LogP contribution in [-0.2, 0) is 6.42 Å². The monoisotopic (exact) mass is 413 g/mol. The Morgan fingerprint density at radius 1 is 1.28 bits per heavy atom. The highest BCUT2D eigenvalue weighted by Crippen LogP contribution is 2.42. The zero-order valence-electron chi connectivity index (χ0n) is 16.9. The number of thiazole rings is 1. The van der Waals surface area contributed by atoms with Crippen molar-refractivity contribution < 1.29 is 9.18 Å². The number of likely N-dealkylation sites (tertiary alicyclic amines) is 1. The lowest BCUT2D eigenvalue weighted by molar-refractivity contribution is -0.0643. The Morgan fingerprint density at radius 2 is 2.14 bits per heavy atom. The predicted molar refractivity (Wildman–Crippen MR) is 113 cm³/mol. The van der Waals surface area contributed by atoms with Gasteiger partial charge in [0.05, 0.1) is 5.01 Å². The van der Waals surface area contributed by atoms with Crippen molar-refractivity contribution in [2.75, 3.05) is 19.6 Å². The maximum atomic E-state index is 13.8. The molecule has 154 valence electrons. The number of carbonyl (C=O) groups excluding carboxylic acids is 1. The zero-order valence-corrected chi connectivity index (χ0v) is 17.7. The molecule has 0 N–H and O–H groups in total. The van der Waals surface area contributed by atoms with E-state index >= 15 is 0 Å². The standard InChI is InChI=1S/C23H28FN3OS/c1-15-25-20(14-29-15)23(28)26-12-17-11-18(13-26)22(27-8-3-2-7-21(17)27)10-16-5-4-6-19(24)9-16/h4-6,9,14,17-18,21-22H,2-3,7-8,10-13H2,1H3/t17-,18+,21+,22+/m1/s1. The summed E-state index contributed by atoms with van der Waals surface area (Å²) in [5.41, 5.74) is 1.66. The predicted octanol–water partition coefficient (Wildman–Crippen LogP) is 4.15.